The maximum absolute atomic E-state index is 6.75. The molecule has 0 aliphatic rings. The summed E-state index contributed by atoms with van der Waals surface area (Å²) in [7, 11) is 0. The molecule has 5 heteroatoms. The Morgan fingerprint density at radius 1 is 1.06 bits per heavy atom. The van der Waals surface area contributed by atoms with Gasteiger partial charge in [-0.05, 0) is 23.7 Å². The van der Waals surface area contributed by atoms with E-state index in [4.69, 9.17) is 11.1 Å². The van der Waals surface area contributed by atoms with Crippen molar-refractivity contribution in [2.45, 2.75) is 0 Å². The Kier molecular flexibility index (Phi) is 4.70. The van der Waals surface area contributed by atoms with Crippen molar-refractivity contribution < 1.29 is 0 Å². The monoisotopic (exact) mass is 227 g/mol. The highest BCUT2D eigenvalue weighted by molar-refractivity contribution is 7.78. The van der Waals surface area contributed by atoms with Crippen molar-refractivity contribution in [2.24, 2.45) is 4.99 Å². The molecule has 78 valence electrons. The Morgan fingerprint density at radius 2 is 1.69 bits per heavy atom. The lowest BCUT2D eigenvalue weighted by Crippen LogP contribution is -1.71. The first-order chi connectivity index (χ1) is 7.83. The van der Waals surface area contributed by atoms with E-state index in [1.54, 1.807) is 0 Å². The lowest BCUT2D eigenvalue weighted by Gasteiger charge is -1.98. The van der Waals surface area contributed by atoms with Crippen molar-refractivity contribution >= 4 is 33.8 Å². The molecule has 0 atom stereocenters. The molecule has 2 aromatic rings. The van der Waals surface area contributed by atoms with Crippen molar-refractivity contribution in [3.05, 3.63) is 58.4 Å². The number of nitrogens with zero attached hydrogens (tertiary/aromatic N) is 4. The van der Waals surface area contributed by atoms with Crippen LogP contribution in [0.3, 0.4) is 0 Å². The maximum atomic E-state index is 6.75. The van der Waals surface area contributed by atoms with Crippen LogP contribution in [0.4, 0.5) is 5.69 Å². The number of fused-ring (bicyclic) bond motifs is 1. The van der Waals surface area contributed by atoms with E-state index in [9.17, 15) is 0 Å². The fourth-order valence-corrected chi connectivity index (χ4v) is 1.45. The highest BCUT2D eigenvalue weighted by Gasteiger charge is 1.96. The van der Waals surface area contributed by atoms with Gasteiger partial charge in [-0.3, -0.25) is 4.91 Å². The summed E-state index contributed by atoms with van der Waals surface area (Å²) in [6, 6.07) is 14.0. The third-order valence-corrected chi connectivity index (χ3v) is 2.02. The number of aliphatic imine (C=N–C) groups is 1. The van der Waals surface area contributed by atoms with Crippen LogP contribution in [0.5, 0.6) is 0 Å². The Labute approximate surface area is 97.7 Å². The minimum Gasteiger partial charge on any atom is -0.373 e. The van der Waals surface area contributed by atoms with E-state index in [1.807, 2.05) is 30.3 Å². The minimum absolute atomic E-state index is 0.883. The van der Waals surface area contributed by atoms with Crippen molar-refractivity contribution in [1.29, 1.82) is 0 Å². The largest absolute Gasteiger partial charge is 0.373 e. The number of hydrogen-bond acceptors (Lipinski definition) is 2. The summed E-state index contributed by atoms with van der Waals surface area (Å²) in [6.45, 7) is 0. The molecule has 0 amide bonds. The van der Waals surface area contributed by atoms with Crippen molar-refractivity contribution in [3.63, 3.8) is 0 Å². The van der Waals surface area contributed by atoms with Gasteiger partial charge in [-0.2, -0.15) is 4.99 Å². The van der Waals surface area contributed by atoms with Gasteiger partial charge >= 0.3 is 0 Å². The first kappa shape index (κ1) is 11.9. The number of isothiocyanates is 1. The second kappa shape index (κ2) is 6.32. The van der Waals surface area contributed by atoms with Crippen LogP contribution in [0, 0.1) is 0 Å². The SMILES string of the molecule is S=C=Nc1cccc2ccccc12.[N-]=[N+]=[N-]. The van der Waals surface area contributed by atoms with Gasteiger partial charge < -0.3 is 11.1 Å². The normalized spacial score (nSPS) is 8.25. The van der Waals surface area contributed by atoms with E-state index >= 15 is 0 Å². The lowest BCUT2D eigenvalue weighted by molar-refractivity contribution is 1.60. The summed E-state index contributed by atoms with van der Waals surface area (Å²) in [5.74, 6) is 0. The molecule has 4 nitrogen and oxygen atoms in total. The fraction of sp³-hybridized carbons (Fsp3) is 0. The first-order valence-electron chi connectivity index (χ1n) is 4.37. The Hall–Kier alpha value is -2.19. The van der Waals surface area contributed by atoms with E-state index in [0.717, 1.165) is 11.1 Å². The molecule has 0 aromatic heterocycles. The zero-order chi connectivity index (χ0) is 11.8. The summed E-state index contributed by atoms with van der Waals surface area (Å²) in [5, 5.41) is 4.67. The van der Waals surface area contributed by atoms with E-state index in [2.05, 4.69) is 34.5 Å². The van der Waals surface area contributed by atoms with Crippen molar-refractivity contribution in [2.75, 3.05) is 0 Å². The molecule has 0 unspecified atom stereocenters. The molecule has 2 rings (SSSR count). The summed E-state index contributed by atoms with van der Waals surface area (Å²) in [6.07, 6.45) is 0. The van der Waals surface area contributed by atoms with Gasteiger partial charge in [-0.1, -0.05) is 36.4 Å². The number of benzene rings is 2. The quantitative estimate of drug-likeness (QED) is 0.233. The molecule has 0 bridgehead atoms. The summed E-state index contributed by atoms with van der Waals surface area (Å²) >= 11 is 4.58. The second-order valence-corrected chi connectivity index (χ2v) is 2.97. The molecule has 16 heavy (non-hydrogen) atoms. The molecule has 0 N–H and O–H groups in total. The molecule has 0 saturated carbocycles. The standard InChI is InChI=1S/C11H7NS.N3/c13-8-12-11-7-3-5-9-4-1-2-6-10(9)11;1-3-2/h1-7H;/q;-1. The molecule has 0 saturated heterocycles. The number of thiocarbonyl (C=S) groups is 1. The summed E-state index contributed by atoms with van der Waals surface area (Å²) in [5.41, 5.74) is 14.4. The zero-order valence-corrected chi connectivity index (χ0v) is 9.06. The first-order valence-corrected chi connectivity index (χ1v) is 4.78. The Morgan fingerprint density at radius 3 is 2.38 bits per heavy atom. The summed E-state index contributed by atoms with van der Waals surface area (Å²) in [4.78, 5) is 5.50. The smallest absolute Gasteiger partial charge is 0.0817 e. The lowest BCUT2D eigenvalue weighted by atomic mass is 10.1. The predicted octanol–water partition coefficient (Wildman–Crippen LogP) is 4.44. The van der Waals surface area contributed by atoms with Crippen LogP contribution in [0.15, 0.2) is 47.5 Å². The molecular weight excluding hydrogens is 220 g/mol. The summed E-state index contributed by atoms with van der Waals surface area (Å²) < 4.78 is 0. The van der Waals surface area contributed by atoms with Crippen LogP contribution in [-0.2, 0) is 0 Å². The predicted molar refractivity (Wildman–Crippen MR) is 68.7 cm³/mol. The van der Waals surface area contributed by atoms with Crippen LogP contribution in [0.2, 0.25) is 0 Å². The molecule has 0 aliphatic heterocycles. The topological polar surface area (TPSA) is 71.1 Å². The van der Waals surface area contributed by atoms with Crippen LogP contribution in [0.1, 0.15) is 0 Å². The van der Waals surface area contributed by atoms with Gasteiger partial charge in [-0.15, -0.1) is 0 Å². The van der Waals surface area contributed by atoms with Gasteiger partial charge in [0.15, 0.2) is 0 Å². The van der Waals surface area contributed by atoms with Crippen LogP contribution in [0.25, 0.3) is 26.7 Å². The van der Waals surface area contributed by atoms with E-state index < -0.39 is 0 Å². The number of hydrogen-bond donors (Lipinski definition) is 0. The molecule has 0 heterocycles. The molecule has 2 aromatic carbocycles. The molecular formula is C11H7N4S-. The Balaban J connectivity index is 0.000000386. The van der Waals surface area contributed by atoms with Crippen LogP contribution in [-0.4, -0.2) is 5.16 Å². The fourth-order valence-electron chi connectivity index (χ4n) is 1.35. The average molecular weight is 227 g/mol. The Bertz CT molecular complexity index is 562. The highest BCUT2D eigenvalue weighted by Crippen LogP contribution is 2.24. The minimum atomic E-state index is 0.883. The van der Waals surface area contributed by atoms with Gasteiger partial charge in [0.05, 0.1) is 10.8 Å². The van der Waals surface area contributed by atoms with E-state index in [-0.39, 0.29) is 0 Å². The second-order valence-electron chi connectivity index (χ2n) is 2.79. The molecule has 0 radical (unpaired) electrons. The molecule has 0 aliphatic carbocycles. The van der Waals surface area contributed by atoms with Crippen LogP contribution < -0.4 is 0 Å². The van der Waals surface area contributed by atoms with Gasteiger partial charge in [0.2, 0.25) is 0 Å². The van der Waals surface area contributed by atoms with Crippen molar-refractivity contribution in [3.8, 4) is 0 Å². The van der Waals surface area contributed by atoms with Gasteiger partial charge in [-0.25, -0.2) is 0 Å². The third-order valence-electron chi connectivity index (χ3n) is 1.93. The number of rotatable bonds is 1. The van der Waals surface area contributed by atoms with Gasteiger partial charge in [0.25, 0.3) is 0 Å². The average Bonchev–Trinajstić information content (AvgIpc) is 2.31. The van der Waals surface area contributed by atoms with E-state index in [0.29, 0.717) is 0 Å². The third kappa shape index (κ3) is 2.90. The maximum Gasteiger partial charge on any atom is 0.0817 e. The van der Waals surface area contributed by atoms with Gasteiger partial charge in [0.1, 0.15) is 0 Å². The van der Waals surface area contributed by atoms with Crippen molar-refractivity contribution in [1.82, 2.24) is 0 Å². The van der Waals surface area contributed by atoms with Gasteiger partial charge in [0, 0.05) is 5.39 Å². The zero-order valence-electron chi connectivity index (χ0n) is 8.24. The van der Waals surface area contributed by atoms with E-state index in [1.165, 1.54) is 10.3 Å². The molecule has 0 spiro atoms. The highest BCUT2D eigenvalue weighted by atomic mass is 32.1. The van der Waals surface area contributed by atoms with Crippen LogP contribution >= 0.6 is 12.2 Å². The molecule has 0 fully saturated rings.